The van der Waals surface area contributed by atoms with Gasteiger partial charge in [-0.3, -0.25) is 24.7 Å². The van der Waals surface area contributed by atoms with Crippen LogP contribution in [0.15, 0.2) is 110 Å². The molecule has 0 spiro atoms. The first-order valence-corrected chi connectivity index (χ1v) is 20.4. The van der Waals surface area contributed by atoms with Gasteiger partial charge in [0.2, 0.25) is 5.91 Å². The van der Waals surface area contributed by atoms with Crippen molar-refractivity contribution in [1.29, 1.82) is 5.26 Å². The lowest BCUT2D eigenvalue weighted by atomic mass is 9.91. The van der Waals surface area contributed by atoms with Crippen LogP contribution in [-0.2, 0) is 10.8 Å². The van der Waals surface area contributed by atoms with Crippen molar-refractivity contribution in [3.8, 4) is 28.8 Å². The van der Waals surface area contributed by atoms with Gasteiger partial charge in [-0.2, -0.15) is 5.26 Å². The summed E-state index contributed by atoms with van der Waals surface area (Å²) < 4.78 is 28.3. The van der Waals surface area contributed by atoms with E-state index >= 15 is 0 Å². The molecule has 0 atom stereocenters. The maximum Gasteiger partial charge on any atom is 0.250 e. The number of fused-ring (bicyclic) bond motifs is 4. The highest BCUT2D eigenvalue weighted by Crippen LogP contribution is 2.49. The number of hydrogen-bond acceptors (Lipinski definition) is 10. The first kappa shape index (κ1) is 40.7. The second kappa shape index (κ2) is 15.3. The van der Waals surface area contributed by atoms with Gasteiger partial charge in [-0.1, -0.05) is 39.8 Å². The highest BCUT2D eigenvalue weighted by atomic mass is 19.1. The number of rotatable bonds is 5. The zero-order chi connectivity index (χ0) is 44.4. The predicted molar refractivity (Wildman–Crippen MR) is 241 cm³/mol. The zero-order valence-corrected chi connectivity index (χ0v) is 35.6. The van der Waals surface area contributed by atoms with E-state index in [1.165, 1.54) is 30.5 Å². The molecule has 1 amide bonds. The van der Waals surface area contributed by atoms with E-state index in [0.717, 1.165) is 61.7 Å². The second-order valence-electron chi connectivity index (χ2n) is 17.2. The Morgan fingerprint density at radius 2 is 1.14 bits per heavy atom. The van der Waals surface area contributed by atoms with Gasteiger partial charge in [-0.05, 0) is 74.5 Å². The van der Waals surface area contributed by atoms with E-state index in [-0.39, 0.29) is 22.5 Å². The van der Waals surface area contributed by atoms with Crippen molar-refractivity contribution in [3.63, 3.8) is 0 Å². The zero-order valence-electron chi connectivity index (χ0n) is 35.6. The van der Waals surface area contributed by atoms with Gasteiger partial charge in [-0.15, -0.1) is 0 Å². The van der Waals surface area contributed by atoms with E-state index in [1.54, 1.807) is 36.8 Å². The van der Waals surface area contributed by atoms with Crippen LogP contribution in [0.2, 0.25) is 0 Å². The SMILES string of the molecule is Cc1c(-c2ccccn2)nc2cc(F)ccc2c1N1CC(C)(C)c2ncc(C#N)cc21.Cc1c(-c2ccccn2)nc2cc(F)ccc2c1N1CC(C)(C)c2ncc(C(N)=O)cc21. The molecule has 13 heteroatoms. The number of nitrogens with two attached hydrogens (primary N) is 1. The molecule has 0 saturated carbocycles. The normalized spacial score (nSPS) is 14.5. The molecule has 11 nitrogen and oxygen atoms in total. The Morgan fingerprint density at radius 1 is 0.667 bits per heavy atom. The Kier molecular flexibility index (Phi) is 9.89. The maximum atomic E-state index is 14.2. The molecule has 0 fully saturated rings. The molecule has 2 aliphatic rings. The fourth-order valence-electron chi connectivity index (χ4n) is 8.90. The average molecular weight is 837 g/mol. The summed E-state index contributed by atoms with van der Waals surface area (Å²) in [5, 5.41) is 11.1. The molecule has 2 aliphatic heterocycles. The van der Waals surface area contributed by atoms with Crippen molar-refractivity contribution in [3.05, 3.63) is 155 Å². The van der Waals surface area contributed by atoms with Gasteiger partial charge >= 0.3 is 0 Å². The minimum Gasteiger partial charge on any atom is -0.366 e. The Hall–Kier alpha value is -7.72. The number of hydrogen-bond donors (Lipinski definition) is 1. The number of pyridine rings is 6. The minimum absolute atomic E-state index is 0.212. The molecule has 2 N–H and O–H groups in total. The van der Waals surface area contributed by atoms with Gasteiger partial charge < -0.3 is 15.5 Å². The topological polar surface area (TPSA) is 151 Å². The first-order valence-electron chi connectivity index (χ1n) is 20.4. The number of benzene rings is 2. The van der Waals surface area contributed by atoms with Crippen LogP contribution in [0, 0.1) is 36.8 Å². The van der Waals surface area contributed by atoms with Crippen molar-refractivity contribution in [2.24, 2.45) is 5.73 Å². The van der Waals surface area contributed by atoms with Crippen LogP contribution in [-0.4, -0.2) is 48.9 Å². The lowest BCUT2D eigenvalue weighted by Crippen LogP contribution is -2.26. The Balaban J connectivity index is 0.000000160. The molecule has 0 unspecified atom stereocenters. The third-order valence-electron chi connectivity index (χ3n) is 11.8. The van der Waals surface area contributed by atoms with E-state index in [2.05, 4.69) is 63.5 Å². The fraction of sp³-hybridized carbons (Fsp3) is 0.200. The average Bonchev–Trinajstić information content (AvgIpc) is 3.70. The fourth-order valence-corrected chi connectivity index (χ4v) is 8.90. The number of primary amides is 1. The maximum absolute atomic E-state index is 14.2. The Labute approximate surface area is 363 Å². The standard InChI is InChI=1S/C25H22FN5O.C25H20FN5/c1-14-21(18-6-4-5-9-28-18)30-19-11-16(26)7-8-17(19)22(14)31-13-25(2,3)23-20(31)10-15(12-29-23)24(27)32;1-15-22(19-6-4-5-9-28-19)30-20-11-17(26)7-8-18(20)23(15)31-14-25(2,3)24-21(31)10-16(12-27)13-29-24/h4-12H,13H2,1-3H3,(H2,27,32);4-11,13H,14H2,1-3H3. The molecule has 0 radical (unpaired) electrons. The summed E-state index contributed by atoms with van der Waals surface area (Å²) in [7, 11) is 0. The third-order valence-corrected chi connectivity index (χ3v) is 11.8. The summed E-state index contributed by atoms with van der Waals surface area (Å²) in [6.07, 6.45) is 6.58. The molecule has 63 heavy (non-hydrogen) atoms. The van der Waals surface area contributed by atoms with Gasteiger partial charge in [0.1, 0.15) is 17.7 Å². The smallest absolute Gasteiger partial charge is 0.250 e. The van der Waals surface area contributed by atoms with E-state index in [1.807, 2.05) is 56.3 Å². The highest BCUT2D eigenvalue weighted by Gasteiger charge is 2.40. The van der Waals surface area contributed by atoms with Crippen molar-refractivity contribution in [2.75, 3.05) is 22.9 Å². The monoisotopic (exact) mass is 836 g/mol. The van der Waals surface area contributed by atoms with Crippen LogP contribution >= 0.6 is 0 Å². The molecule has 6 aromatic heterocycles. The summed E-state index contributed by atoms with van der Waals surface area (Å²) >= 11 is 0. The Bertz CT molecular complexity index is 3190. The summed E-state index contributed by atoms with van der Waals surface area (Å²) in [5.74, 6) is -1.22. The van der Waals surface area contributed by atoms with E-state index in [0.29, 0.717) is 52.3 Å². The molecule has 312 valence electrons. The molecule has 8 heterocycles. The summed E-state index contributed by atoms with van der Waals surface area (Å²) in [6, 6.07) is 26.5. The van der Waals surface area contributed by atoms with Crippen LogP contribution in [0.3, 0.4) is 0 Å². The number of carbonyl (C=O) groups is 1. The number of carbonyl (C=O) groups excluding carboxylic acids is 1. The number of amides is 1. The number of nitrogens with zero attached hydrogens (tertiary/aromatic N) is 9. The van der Waals surface area contributed by atoms with Crippen molar-refractivity contribution in [1.82, 2.24) is 29.9 Å². The lowest BCUT2D eigenvalue weighted by molar-refractivity contribution is 0.1000. The van der Waals surface area contributed by atoms with Crippen LogP contribution in [0.5, 0.6) is 0 Å². The Morgan fingerprint density at radius 3 is 1.59 bits per heavy atom. The largest absolute Gasteiger partial charge is 0.366 e. The van der Waals surface area contributed by atoms with Gasteiger partial charge in [-0.25, -0.2) is 18.7 Å². The molecule has 10 rings (SSSR count). The van der Waals surface area contributed by atoms with E-state index in [9.17, 15) is 18.8 Å². The van der Waals surface area contributed by atoms with Crippen molar-refractivity contribution in [2.45, 2.75) is 52.4 Å². The molecule has 8 aromatic rings. The van der Waals surface area contributed by atoms with Gasteiger partial charge in [0.25, 0.3) is 0 Å². The van der Waals surface area contributed by atoms with Crippen molar-refractivity contribution >= 4 is 50.5 Å². The van der Waals surface area contributed by atoms with Crippen LogP contribution < -0.4 is 15.5 Å². The van der Waals surface area contributed by atoms with Crippen LogP contribution in [0.25, 0.3) is 44.6 Å². The molecule has 2 aromatic carbocycles. The summed E-state index contributed by atoms with van der Waals surface area (Å²) in [5.41, 5.74) is 17.1. The molecular formula is C50H42F2N10O. The predicted octanol–water partition coefficient (Wildman–Crippen LogP) is 10.1. The van der Waals surface area contributed by atoms with Crippen LogP contribution in [0.1, 0.15) is 66.1 Å². The van der Waals surface area contributed by atoms with E-state index < -0.39 is 5.91 Å². The lowest BCUT2D eigenvalue weighted by Gasteiger charge is -2.26. The second-order valence-corrected chi connectivity index (χ2v) is 17.2. The number of nitriles is 1. The number of anilines is 4. The highest BCUT2D eigenvalue weighted by molar-refractivity contribution is 6.01. The van der Waals surface area contributed by atoms with Gasteiger partial charge in [0.05, 0.1) is 79.1 Å². The van der Waals surface area contributed by atoms with E-state index in [4.69, 9.17) is 15.7 Å². The molecular weight excluding hydrogens is 795 g/mol. The third kappa shape index (κ3) is 7.13. The van der Waals surface area contributed by atoms with Crippen LogP contribution in [0.4, 0.5) is 31.5 Å². The van der Waals surface area contributed by atoms with Crippen molar-refractivity contribution < 1.29 is 13.6 Å². The molecule has 0 aliphatic carbocycles. The minimum atomic E-state index is -0.530. The summed E-state index contributed by atoms with van der Waals surface area (Å²) in [6.45, 7) is 13.8. The van der Waals surface area contributed by atoms with Gasteiger partial charge in [0.15, 0.2) is 0 Å². The number of aromatic nitrogens is 6. The molecule has 0 bridgehead atoms. The summed E-state index contributed by atoms with van der Waals surface area (Å²) in [4.78, 5) is 43.9. The molecule has 0 saturated heterocycles. The quantitative estimate of drug-likeness (QED) is 0.177. The number of halogens is 2. The van der Waals surface area contributed by atoms with Gasteiger partial charge in [0, 0.05) is 82.7 Å². The first-order chi connectivity index (χ1) is 30.1.